The smallest absolute Gasteiger partial charge is 0.0622 e. The summed E-state index contributed by atoms with van der Waals surface area (Å²) in [4.78, 5) is 0. The fourth-order valence-corrected chi connectivity index (χ4v) is 24.0. The zero-order chi connectivity index (χ0) is 103. The maximum Gasteiger partial charge on any atom is 0.0629 e. The molecule has 0 unspecified atom stereocenters. The first kappa shape index (κ1) is 83.5. The predicted octanol–water partition coefficient (Wildman–Crippen LogP) is 41.7. The van der Waals surface area contributed by atoms with Gasteiger partial charge in [0.1, 0.15) is 0 Å². The van der Waals surface area contributed by atoms with Crippen LogP contribution in [0.3, 0.4) is 0 Å². The van der Waals surface area contributed by atoms with Gasteiger partial charge in [-0.25, -0.2) is 0 Å². The third-order valence-electron chi connectivity index (χ3n) is 31.1. The fourth-order valence-electron chi connectivity index (χ4n) is 24.0. The third-order valence-corrected chi connectivity index (χ3v) is 31.1. The van der Waals surface area contributed by atoms with Gasteiger partial charge in [-0.1, -0.05) is 560 Å². The first-order valence-corrected chi connectivity index (χ1v) is 51.5. The molecule has 0 saturated carbocycles. The lowest BCUT2D eigenvalue weighted by Crippen LogP contribution is -2.14. The monoisotopic (exact) mass is 1890 g/mol. The summed E-state index contributed by atoms with van der Waals surface area (Å²) in [6, 6.07) is 194. The van der Waals surface area contributed by atoms with Gasteiger partial charge in [0.05, 0.1) is 6.85 Å². The average molecular weight is 1900 g/mol. The highest BCUT2D eigenvalue weighted by Gasteiger charge is 2.36. The van der Waals surface area contributed by atoms with E-state index in [1.54, 1.807) is 0 Å². The topological polar surface area (TPSA) is 0 Å². The van der Waals surface area contributed by atoms with Gasteiger partial charge in [-0.15, -0.1) is 0 Å². The van der Waals surface area contributed by atoms with Crippen molar-refractivity contribution in [3.05, 3.63) is 581 Å². The average Bonchev–Trinajstić information content (AvgIpc) is 1.14. The van der Waals surface area contributed by atoms with Crippen molar-refractivity contribution in [2.75, 3.05) is 0 Å². The van der Waals surface area contributed by atoms with E-state index >= 15 is 0 Å². The standard InChI is InChI=1S/C55H38.C52H34.C42H28/c1-55(2)51-24-10-9-19-44(51)45-31-30-40(34-52(45)55)53-47-20-7-8-21-48(47)54(46-23-12-16-37-14-4-6-18-43(37)46)50-33-39(29-32-49(50)53)35-25-27-38(28-26-35)42-22-11-15-36-13-3-5-17-41(36)42;1-2-12-35(13-3-1)36-26-30-41(31-27-36)51-47-20-8-9-21-48(47)52(46-23-11-17-39-15-5-7-19-45(39)46)50-34-42(32-33-49(50)51)37-24-28-40(29-25-37)44-22-10-16-38-14-4-6-18-43(38)44;1-3-12-29(13-4-1)31-22-24-33(25-23-31)41-37-19-9-10-20-38(37)42(36-21-11-17-32-16-7-8-18-35(32)36)40-28-34(26-27-39(40)41)30-14-5-2-6-15-30/h3-34H,1-2H3;1-34H;1-28H/i;;2D,5D,6D,14D,15D. The Morgan fingerprint density at radius 3 is 0.718 bits per heavy atom. The van der Waals surface area contributed by atoms with Crippen molar-refractivity contribution in [3.8, 4) is 156 Å². The van der Waals surface area contributed by atoms with Gasteiger partial charge in [-0.05, 0) is 310 Å². The Balaban J connectivity index is 0.000000113. The highest BCUT2D eigenvalue weighted by atomic mass is 14.4. The molecule has 0 radical (unpaired) electrons. The van der Waals surface area contributed by atoms with Gasteiger partial charge in [0.25, 0.3) is 0 Å². The van der Waals surface area contributed by atoms with Crippen LogP contribution >= 0.6 is 0 Å². The summed E-state index contributed by atoms with van der Waals surface area (Å²) in [5, 5.41) is 26.7. The Hall–Kier alpha value is -19.0. The normalized spacial score (nSPS) is 12.5. The summed E-state index contributed by atoms with van der Waals surface area (Å²) in [7, 11) is 0. The zero-order valence-electron chi connectivity index (χ0n) is 87.4. The van der Waals surface area contributed by atoms with Crippen LogP contribution in [-0.4, -0.2) is 0 Å². The van der Waals surface area contributed by atoms with Crippen LogP contribution in [-0.2, 0) is 5.41 Å². The Bertz CT molecular complexity index is 10400. The van der Waals surface area contributed by atoms with Gasteiger partial charge in [0.2, 0.25) is 0 Å². The van der Waals surface area contributed by atoms with Crippen LogP contribution in [0.5, 0.6) is 0 Å². The van der Waals surface area contributed by atoms with Gasteiger partial charge in [0, 0.05) is 5.41 Å². The van der Waals surface area contributed by atoms with Crippen molar-refractivity contribution in [1.82, 2.24) is 0 Å². The second kappa shape index (κ2) is 37.6. The van der Waals surface area contributed by atoms with Crippen LogP contribution in [0.25, 0.3) is 274 Å². The maximum atomic E-state index is 8.73. The van der Waals surface area contributed by atoms with Crippen LogP contribution in [0.4, 0.5) is 0 Å². The van der Waals surface area contributed by atoms with Crippen LogP contribution < -0.4 is 0 Å². The van der Waals surface area contributed by atoms with Crippen molar-refractivity contribution >= 4 is 118 Å². The minimum Gasteiger partial charge on any atom is -0.0622 e. The van der Waals surface area contributed by atoms with Crippen molar-refractivity contribution in [3.63, 3.8) is 0 Å². The Kier molecular flexibility index (Phi) is 21.1. The van der Waals surface area contributed by atoms with E-state index in [1.165, 1.54) is 209 Å². The van der Waals surface area contributed by atoms with Crippen molar-refractivity contribution in [1.29, 1.82) is 0 Å². The maximum absolute atomic E-state index is 8.73. The molecule has 0 aliphatic heterocycles. The molecule has 0 bridgehead atoms. The summed E-state index contributed by atoms with van der Waals surface area (Å²) in [5.74, 6) is 0. The molecule has 0 aromatic heterocycles. The van der Waals surface area contributed by atoms with E-state index in [0.29, 0.717) is 5.56 Å². The number of fused-ring (bicyclic) bond motifs is 14. The second-order valence-corrected chi connectivity index (χ2v) is 39.8. The molecule has 0 atom stereocenters. The Morgan fingerprint density at radius 1 is 0.128 bits per heavy atom. The van der Waals surface area contributed by atoms with Gasteiger partial charge in [-0.2, -0.15) is 0 Å². The van der Waals surface area contributed by atoms with E-state index in [9.17, 15) is 0 Å². The fraction of sp³-hybridized carbons (Fsp3) is 0.0201. The van der Waals surface area contributed by atoms with E-state index in [0.717, 1.165) is 65.7 Å². The number of hydrogen-bond donors (Lipinski definition) is 0. The molecule has 0 amide bonds. The highest BCUT2D eigenvalue weighted by Crippen LogP contribution is 2.55. The van der Waals surface area contributed by atoms with Gasteiger partial charge >= 0.3 is 0 Å². The molecular weight excluding hydrogens is 1790 g/mol. The van der Waals surface area contributed by atoms with E-state index in [2.05, 4.69) is 511 Å². The van der Waals surface area contributed by atoms with Crippen molar-refractivity contribution in [2.24, 2.45) is 0 Å². The molecule has 0 spiro atoms. The molecule has 0 heteroatoms. The molecule has 0 nitrogen and oxygen atoms in total. The molecule has 1 aliphatic carbocycles. The molecule has 28 aromatic carbocycles. The first-order valence-electron chi connectivity index (χ1n) is 54.0. The van der Waals surface area contributed by atoms with E-state index in [1.807, 2.05) is 42.5 Å². The van der Waals surface area contributed by atoms with Crippen LogP contribution in [0.1, 0.15) is 31.8 Å². The molecular formula is C149H100. The van der Waals surface area contributed by atoms with E-state index in [-0.39, 0.29) is 35.1 Å². The molecule has 696 valence electrons. The largest absolute Gasteiger partial charge is 0.0629 e. The van der Waals surface area contributed by atoms with Gasteiger partial charge < -0.3 is 0 Å². The lowest BCUT2D eigenvalue weighted by molar-refractivity contribution is 0.660. The molecule has 0 N–H and O–H groups in total. The van der Waals surface area contributed by atoms with Crippen LogP contribution in [0.2, 0.25) is 0 Å². The summed E-state index contributed by atoms with van der Waals surface area (Å²) < 4.78 is 42.3. The molecule has 0 saturated heterocycles. The number of benzene rings is 28. The van der Waals surface area contributed by atoms with Gasteiger partial charge in [-0.3, -0.25) is 0 Å². The molecule has 0 fully saturated rings. The molecule has 29 rings (SSSR count). The summed E-state index contributed by atoms with van der Waals surface area (Å²) in [6.07, 6.45) is 0. The zero-order valence-corrected chi connectivity index (χ0v) is 82.4. The van der Waals surface area contributed by atoms with Gasteiger partial charge in [0.15, 0.2) is 0 Å². The summed E-state index contributed by atoms with van der Waals surface area (Å²) in [5.41, 5.74) is 35.2. The second-order valence-electron chi connectivity index (χ2n) is 39.8. The highest BCUT2D eigenvalue weighted by molar-refractivity contribution is 6.28. The molecule has 149 heavy (non-hydrogen) atoms. The lowest BCUT2D eigenvalue weighted by atomic mass is 9.80. The van der Waals surface area contributed by atoms with Crippen molar-refractivity contribution < 1.29 is 6.85 Å². The SMILES string of the molecule is CC1(C)c2ccccc2-c2ccc(-c3c4ccccc4c(-c4cccc5ccccc45)c4cc(-c5ccc(-c6cccc7ccccc67)cc5)ccc34)cc21.[2H]c1c([2H])c([2H])c(-c2ccc3c(-c4ccc(-c5ccccc5)cc4)c4ccccc4c(-c4cccc5ccccc45)c3c2)c([2H])c1[2H].c1ccc(-c2ccc(-c3c4ccccc4c(-c4cccc5ccccc45)c4cc(-c5ccc(-c6cccc7ccccc67)cc5)ccc34)cc2)cc1. The van der Waals surface area contributed by atoms with Crippen LogP contribution in [0, 0.1) is 0 Å². The van der Waals surface area contributed by atoms with E-state index < -0.39 is 6.04 Å². The first-order chi connectivity index (χ1) is 75.8. The molecule has 1 aliphatic rings. The third kappa shape index (κ3) is 15.9. The Morgan fingerprint density at radius 2 is 0.356 bits per heavy atom. The lowest BCUT2D eigenvalue weighted by Gasteiger charge is -2.23. The predicted molar refractivity (Wildman–Crippen MR) is 640 cm³/mol. The number of hydrogen-bond acceptors (Lipinski definition) is 0. The molecule has 0 heterocycles. The molecule has 28 aromatic rings. The Labute approximate surface area is 875 Å². The van der Waals surface area contributed by atoms with Crippen LogP contribution in [0.15, 0.2) is 570 Å². The van der Waals surface area contributed by atoms with E-state index in [4.69, 9.17) is 6.85 Å². The summed E-state index contributed by atoms with van der Waals surface area (Å²) >= 11 is 0. The number of rotatable bonds is 13. The minimum atomic E-state index is -0.395. The quantitative estimate of drug-likeness (QED) is 0.101. The summed E-state index contributed by atoms with van der Waals surface area (Å²) in [6.45, 7) is 4.75. The minimum absolute atomic E-state index is 0.0815. The van der Waals surface area contributed by atoms with Crippen molar-refractivity contribution in [2.45, 2.75) is 19.3 Å².